The molecule has 0 aromatic heterocycles. The number of aromatic hydroxyl groups is 1. The van der Waals surface area contributed by atoms with Crippen LogP contribution in [0.3, 0.4) is 0 Å². The average Bonchev–Trinajstić information content (AvgIpc) is 2.75. The summed E-state index contributed by atoms with van der Waals surface area (Å²) in [6.45, 7) is 2.24. The molecule has 30 heavy (non-hydrogen) atoms. The van der Waals surface area contributed by atoms with Gasteiger partial charge in [0.1, 0.15) is 11.5 Å². The Morgan fingerprint density at radius 3 is 2.30 bits per heavy atom. The van der Waals surface area contributed by atoms with Gasteiger partial charge in [0, 0.05) is 18.7 Å². The van der Waals surface area contributed by atoms with Crippen LogP contribution < -0.4 is 4.74 Å². The predicted octanol–water partition coefficient (Wildman–Crippen LogP) is 4.99. The average molecular weight is 417 g/mol. The van der Waals surface area contributed by atoms with Gasteiger partial charge in [-0.25, -0.2) is 0 Å². The van der Waals surface area contributed by atoms with E-state index in [1.165, 1.54) is 12.1 Å². The molecule has 3 aromatic rings. The number of ether oxygens (including phenoxy) is 2. The molecule has 1 unspecified atom stereocenters. The summed E-state index contributed by atoms with van der Waals surface area (Å²) in [5.41, 5.74) is 0.624. The number of methoxy groups -OCH3 is 1. The molecule has 3 aromatic carbocycles. The maximum absolute atomic E-state index is 13.1. The van der Waals surface area contributed by atoms with Gasteiger partial charge < -0.3 is 14.6 Å². The number of nitrogens with zero attached hydrogens (tertiary/aromatic N) is 1. The van der Waals surface area contributed by atoms with Crippen molar-refractivity contribution in [1.29, 1.82) is 0 Å². The second-order valence-electron chi connectivity index (χ2n) is 7.26. The van der Waals surface area contributed by atoms with Gasteiger partial charge in [-0.3, -0.25) is 4.90 Å². The zero-order valence-corrected chi connectivity index (χ0v) is 16.4. The number of phenols is 1. The second-order valence-corrected chi connectivity index (χ2v) is 7.26. The number of phenolic OH excluding ortho intramolecular Hbond substituents is 1. The molecular formula is C23H22F3NO3. The highest BCUT2D eigenvalue weighted by Crippen LogP contribution is 2.41. The van der Waals surface area contributed by atoms with Gasteiger partial charge in [-0.05, 0) is 46.7 Å². The van der Waals surface area contributed by atoms with E-state index in [1.807, 2.05) is 24.3 Å². The summed E-state index contributed by atoms with van der Waals surface area (Å²) in [4.78, 5) is 2.13. The summed E-state index contributed by atoms with van der Waals surface area (Å²) in [6, 6.07) is 13.8. The van der Waals surface area contributed by atoms with E-state index in [1.54, 1.807) is 13.2 Å². The molecule has 1 fully saturated rings. The Balaban J connectivity index is 1.89. The third-order valence-corrected chi connectivity index (χ3v) is 5.49. The molecule has 1 saturated heterocycles. The standard InChI is InChI=1S/C23H22F3NO3/c1-29-18-8-4-15-5-9-20(28)21(19(15)14-18)22(27-10-12-30-13-11-27)16-2-6-17(7-3-16)23(24,25)26/h2-9,14,22,28H,10-13H2,1H3. The minimum absolute atomic E-state index is 0.0899. The van der Waals surface area contributed by atoms with Crippen molar-refractivity contribution in [2.45, 2.75) is 12.2 Å². The van der Waals surface area contributed by atoms with E-state index in [0.717, 1.165) is 22.9 Å². The molecule has 1 aliphatic rings. The Hall–Kier alpha value is -2.77. The molecule has 1 atom stereocenters. The van der Waals surface area contributed by atoms with Crippen LogP contribution in [0.25, 0.3) is 10.8 Å². The minimum Gasteiger partial charge on any atom is -0.508 e. The summed E-state index contributed by atoms with van der Waals surface area (Å²) in [6.07, 6.45) is -4.40. The summed E-state index contributed by atoms with van der Waals surface area (Å²) < 4.78 is 50.0. The Bertz CT molecular complexity index is 1030. The van der Waals surface area contributed by atoms with Crippen LogP contribution in [0.1, 0.15) is 22.7 Å². The van der Waals surface area contributed by atoms with Crippen LogP contribution in [0, 0.1) is 0 Å². The molecule has 0 bridgehead atoms. The number of fused-ring (bicyclic) bond motifs is 1. The monoisotopic (exact) mass is 417 g/mol. The molecule has 158 valence electrons. The van der Waals surface area contributed by atoms with Crippen molar-refractivity contribution in [2.75, 3.05) is 33.4 Å². The number of alkyl halides is 3. The largest absolute Gasteiger partial charge is 0.508 e. The smallest absolute Gasteiger partial charge is 0.416 e. The quantitative estimate of drug-likeness (QED) is 0.649. The van der Waals surface area contributed by atoms with Crippen LogP contribution in [-0.4, -0.2) is 43.4 Å². The highest BCUT2D eigenvalue weighted by Gasteiger charge is 2.32. The summed E-state index contributed by atoms with van der Waals surface area (Å²) >= 11 is 0. The van der Waals surface area contributed by atoms with Gasteiger partial charge in [-0.2, -0.15) is 13.2 Å². The van der Waals surface area contributed by atoms with E-state index in [2.05, 4.69) is 4.90 Å². The predicted molar refractivity (Wildman–Crippen MR) is 108 cm³/mol. The Morgan fingerprint density at radius 1 is 1.00 bits per heavy atom. The van der Waals surface area contributed by atoms with E-state index in [-0.39, 0.29) is 5.75 Å². The van der Waals surface area contributed by atoms with E-state index >= 15 is 0 Å². The first-order valence-corrected chi connectivity index (χ1v) is 9.67. The van der Waals surface area contributed by atoms with Crippen molar-refractivity contribution in [1.82, 2.24) is 4.90 Å². The van der Waals surface area contributed by atoms with Gasteiger partial charge in [-0.1, -0.05) is 24.3 Å². The molecule has 1 aliphatic heterocycles. The van der Waals surface area contributed by atoms with Gasteiger partial charge in [0.05, 0.1) is 31.9 Å². The molecule has 0 saturated carbocycles. The molecule has 4 rings (SSSR count). The first-order valence-electron chi connectivity index (χ1n) is 9.67. The van der Waals surface area contributed by atoms with E-state index in [0.29, 0.717) is 43.2 Å². The molecule has 7 heteroatoms. The van der Waals surface area contributed by atoms with Crippen LogP contribution in [0.5, 0.6) is 11.5 Å². The number of hydrogen-bond acceptors (Lipinski definition) is 4. The Kier molecular flexibility index (Phi) is 5.58. The highest BCUT2D eigenvalue weighted by atomic mass is 19.4. The summed E-state index contributed by atoms with van der Waals surface area (Å²) in [7, 11) is 1.57. The van der Waals surface area contributed by atoms with Gasteiger partial charge in [0.25, 0.3) is 0 Å². The molecule has 0 spiro atoms. The number of rotatable bonds is 4. The number of halogens is 3. The van der Waals surface area contributed by atoms with Crippen molar-refractivity contribution >= 4 is 10.8 Å². The number of morpholine rings is 1. The normalized spacial score (nSPS) is 16.5. The lowest BCUT2D eigenvalue weighted by Crippen LogP contribution is -2.39. The Labute approximate surface area is 172 Å². The molecule has 0 radical (unpaired) electrons. The van der Waals surface area contributed by atoms with Crippen molar-refractivity contribution in [3.05, 3.63) is 71.3 Å². The SMILES string of the molecule is COc1ccc2ccc(O)c(C(c3ccc(C(F)(F)F)cc3)N3CCOCC3)c2c1. The number of hydrogen-bond donors (Lipinski definition) is 1. The fraction of sp³-hybridized carbons (Fsp3) is 0.304. The van der Waals surface area contributed by atoms with Gasteiger partial charge in [-0.15, -0.1) is 0 Å². The lowest BCUT2D eigenvalue weighted by molar-refractivity contribution is -0.137. The van der Waals surface area contributed by atoms with E-state index in [9.17, 15) is 18.3 Å². The fourth-order valence-electron chi connectivity index (χ4n) is 3.97. The summed E-state index contributed by atoms with van der Waals surface area (Å²) in [5.74, 6) is 0.731. The Morgan fingerprint density at radius 2 is 1.67 bits per heavy atom. The van der Waals surface area contributed by atoms with Crippen LogP contribution in [0.15, 0.2) is 54.6 Å². The third-order valence-electron chi connectivity index (χ3n) is 5.49. The first-order chi connectivity index (χ1) is 14.4. The fourth-order valence-corrected chi connectivity index (χ4v) is 3.97. The van der Waals surface area contributed by atoms with Gasteiger partial charge in [0.2, 0.25) is 0 Å². The third kappa shape index (κ3) is 3.95. The first kappa shape index (κ1) is 20.5. The number of benzene rings is 3. The van der Waals surface area contributed by atoms with Crippen molar-refractivity contribution in [3.63, 3.8) is 0 Å². The lowest BCUT2D eigenvalue weighted by Gasteiger charge is -2.36. The molecule has 0 amide bonds. The highest BCUT2D eigenvalue weighted by molar-refractivity contribution is 5.90. The maximum Gasteiger partial charge on any atom is 0.416 e. The van der Waals surface area contributed by atoms with Crippen molar-refractivity contribution < 1.29 is 27.8 Å². The summed E-state index contributed by atoms with van der Waals surface area (Å²) in [5, 5.41) is 12.5. The van der Waals surface area contributed by atoms with E-state index in [4.69, 9.17) is 9.47 Å². The minimum atomic E-state index is -4.40. The molecule has 0 aliphatic carbocycles. The zero-order chi connectivity index (χ0) is 21.3. The molecule has 4 nitrogen and oxygen atoms in total. The second kappa shape index (κ2) is 8.16. The maximum atomic E-state index is 13.1. The van der Waals surface area contributed by atoms with Crippen LogP contribution in [0.4, 0.5) is 13.2 Å². The molecular weight excluding hydrogens is 395 g/mol. The topological polar surface area (TPSA) is 41.9 Å². The zero-order valence-electron chi connectivity index (χ0n) is 16.4. The van der Waals surface area contributed by atoms with Crippen LogP contribution in [0.2, 0.25) is 0 Å². The molecule has 1 N–H and O–H groups in total. The lowest BCUT2D eigenvalue weighted by atomic mass is 9.90. The van der Waals surface area contributed by atoms with E-state index < -0.39 is 17.8 Å². The van der Waals surface area contributed by atoms with Crippen molar-refractivity contribution in [2.24, 2.45) is 0 Å². The van der Waals surface area contributed by atoms with Crippen LogP contribution >= 0.6 is 0 Å². The van der Waals surface area contributed by atoms with Crippen molar-refractivity contribution in [3.8, 4) is 11.5 Å². The molecule has 1 heterocycles. The van der Waals surface area contributed by atoms with Gasteiger partial charge >= 0.3 is 6.18 Å². The van der Waals surface area contributed by atoms with Crippen LogP contribution in [-0.2, 0) is 10.9 Å². The van der Waals surface area contributed by atoms with Gasteiger partial charge in [0.15, 0.2) is 0 Å².